The minimum Gasteiger partial charge on any atom is -0.488 e. The number of halogens is 1. The second-order valence-corrected chi connectivity index (χ2v) is 11.9. The van der Waals surface area contributed by atoms with Crippen molar-refractivity contribution in [3.05, 3.63) is 35.9 Å². The largest absolute Gasteiger partial charge is 0.488 e. The van der Waals surface area contributed by atoms with Crippen LogP contribution in [-0.2, 0) is 14.8 Å². The van der Waals surface area contributed by atoms with Crippen molar-refractivity contribution in [2.45, 2.75) is 60.9 Å². The molecule has 2 N–H and O–H groups in total. The molecule has 0 spiro atoms. The minimum absolute atomic E-state index is 0.0790. The molecule has 2 atom stereocenters. The Kier molecular flexibility index (Phi) is 7.02. The molecule has 0 radical (unpaired) electrons. The number of aliphatic carboxylic acids is 1. The molecule has 2 unspecified atom stereocenters. The van der Waals surface area contributed by atoms with Gasteiger partial charge >= 0.3 is 5.97 Å². The number of thioether (sulfide) groups is 1. The van der Waals surface area contributed by atoms with Crippen LogP contribution in [0.15, 0.2) is 29.6 Å². The summed E-state index contributed by atoms with van der Waals surface area (Å²) < 4.78 is 45.3. The molecule has 1 saturated carbocycles. The lowest BCUT2D eigenvalue weighted by Gasteiger charge is -2.33. The average Bonchev–Trinajstić information content (AvgIpc) is 3.13. The number of carboxylic acids is 1. The van der Waals surface area contributed by atoms with Crippen LogP contribution in [0.25, 0.3) is 0 Å². The zero-order chi connectivity index (χ0) is 24.6. The number of carboxylic acid groups (broad SMARTS) is 1. The van der Waals surface area contributed by atoms with Gasteiger partial charge in [0.1, 0.15) is 34.0 Å². The lowest BCUT2D eigenvalue weighted by atomic mass is 9.93. The number of ether oxygens (including phenoxy) is 1. The van der Waals surface area contributed by atoms with Crippen LogP contribution in [0.5, 0.6) is 5.75 Å². The van der Waals surface area contributed by atoms with Gasteiger partial charge in [0.05, 0.1) is 18.0 Å². The summed E-state index contributed by atoms with van der Waals surface area (Å²) in [5.41, 5.74) is 1.22. The van der Waals surface area contributed by atoms with Crippen LogP contribution in [0.4, 0.5) is 15.9 Å². The van der Waals surface area contributed by atoms with E-state index < -0.39 is 27.1 Å². The van der Waals surface area contributed by atoms with Crippen LogP contribution < -0.4 is 10.1 Å². The molecule has 4 rings (SSSR count). The van der Waals surface area contributed by atoms with Crippen LogP contribution in [0, 0.1) is 5.82 Å². The van der Waals surface area contributed by atoms with Gasteiger partial charge in [-0.05, 0) is 37.8 Å². The first-order valence-electron chi connectivity index (χ1n) is 10.9. The van der Waals surface area contributed by atoms with Gasteiger partial charge in [-0.2, -0.15) is 0 Å². The highest BCUT2D eigenvalue weighted by molar-refractivity contribution is 8.00. The van der Waals surface area contributed by atoms with Gasteiger partial charge in [-0.1, -0.05) is 18.7 Å². The molecule has 1 aliphatic heterocycles. The maximum atomic E-state index is 14.1. The van der Waals surface area contributed by atoms with E-state index in [1.54, 1.807) is 13.1 Å². The highest BCUT2D eigenvalue weighted by Gasteiger charge is 2.39. The molecule has 2 aliphatic rings. The van der Waals surface area contributed by atoms with E-state index in [0.29, 0.717) is 53.5 Å². The number of benzene rings is 1. The Hall–Kier alpha value is -2.44. The number of hydrogen-bond donors (Lipinski definition) is 2. The molecule has 34 heavy (non-hydrogen) atoms. The Balaban J connectivity index is 1.51. The average molecular weight is 511 g/mol. The van der Waals surface area contributed by atoms with E-state index in [1.807, 2.05) is 6.92 Å². The fourth-order valence-corrected chi connectivity index (χ4v) is 6.37. The van der Waals surface area contributed by atoms with Gasteiger partial charge in [0.25, 0.3) is 0 Å². The van der Waals surface area contributed by atoms with E-state index in [9.17, 15) is 22.7 Å². The number of rotatable bonds is 7. The lowest BCUT2D eigenvalue weighted by Crippen LogP contribution is -2.40. The Morgan fingerprint density at radius 2 is 1.97 bits per heavy atom. The predicted octanol–water partition coefficient (Wildman–Crippen LogP) is 3.60. The maximum Gasteiger partial charge on any atom is 0.317 e. The summed E-state index contributed by atoms with van der Waals surface area (Å²) >= 11 is 1.19. The number of nitrogens with zero attached hydrogens (tertiary/aromatic N) is 3. The van der Waals surface area contributed by atoms with Crippen LogP contribution in [0.1, 0.15) is 44.1 Å². The predicted molar refractivity (Wildman–Crippen MR) is 127 cm³/mol. The maximum absolute atomic E-state index is 14.1. The van der Waals surface area contributed by atoms with Crippen LogP contribution in [0.2, 0.25) is 0 Å². The molecule has 9 nitrogen and oxygen atoms in total. The number of hydrogen-bond acceptors (Lipinski definition) is 8. The topological polar surface area (TPSA) is 122 Å². The zero-order valence-corrected chi connectivity index (χ0v) is 20.7. The molecule has 12 heteroatoms. The Morgan fingerprint density at radius 1 is 1.26 bits per heavy atom. The SMILES string of the molecule is CC1c2c(Nc3ccc(F)cc3OC3CCC(N(C)S(C)(=O)=O)CC3)ncnc2SC1C(=O)O. The first kappa shape index (κ1) is 24.7. The zero-order valence-electron chi connectivity index (χ0n) is 19.1. The van der Waals surface area contributed by atoms with Crippen molar-refractivity contribution in [2.75, 3.05) is 18.6 Å². The fourth-order valence-electron chi connectivity index (χ4n) is 4.42. The minimum atomic E-state index is -3.26. The fraction of sp³-hybridized carbons (Fsp3) is 0.500. The summed E-state index contributed by atoms with van der Waals surface area (Å²) in [5, 5.41) is 12.6. The molecular weight excluding hydrogens is 483 g/mol. The summed E-state index contributed by atoms with van der Waals surface area (Å²) in [6.07, 6.45) is 4.95. The quantitative estimate of drug-likeness (QED) is 0.538. The number of anilines is 2. The molecule has 0 bridgehead atoms. The molecule has 1 aromatic carbocycles. The summed E-state index contributed by atoms with van der Waals surface area (Å²) in [4.78, 5) is 20.1. The third kappa shape index (κ3) is 5.13. The first-order valence-corrected chi connectivity index (χ1v) is 13.7. The van der Waals surface area contributed by atoms with E-state index >= 15 is 0 Å². The number of aromatic nitrogens is 2. The molecule has 1 aromatic heterocycles. The number of sulfonamides is 1. The summed E-state index contributed by atoms with van der Waals surface area (Å²) in [6, 6.07) is 4.09. The summed E-state index contributed by atoms with van der Waals surface area (Å²) in [7, 11) is -1.67. The molecule has 184 valence electrons. The van der Waals surface area contributed by atoms with Gasteiger partial charge in [0, 0.05) is 30.6 Å². The summed E-state index contributed by atoms with van der Waals surface area (Å²) in [6.45, 7) is 1.82. The molecule has 2 heterocycles. The third-order valence-corrected chi connectivity index (χ3v) is 9.17. The highest BCUT2D eigenvalue weighted by atomic mass is 32.2. The van der Waals surface area contributed by atoms with Crippen molar-refractivity contribution in [1.82, 2.24) is 14.3 Å². The van der Waals surface area contributed by atoms with Gasteiger partial charge in [0.2, 0.25) is 10.0 Å². The van der Waals surface area contributed by atoms with E-state index in [1.165, 1.54) is 40.8 Å². The van der Waals surface area contributed by atoms with Crippen LogP contribution in [0.3, 0.4) is 0 Å². The normalized spacial score (nSPS) is 24.6. The van der Waals surface area contributed by atoms with Gasteiger partial charge < -0.3 is 15.2 Å². The number of fused-ring (bicyclic) bond motifs is 1. The highest BCUT2D eigenvalue weighted by Crippen LogP contribution is 2.47. The second-order valence-electron chi connectivity index (χ2n) is 8.70. The third-order valence-electron chi connectivity index (χ3n) is 6.41. The molecule has 2 aromatic rings. The Morgan fingerprint density at radius 3 is 2.62 bits per heavy atom. The van der Waals surface area contributed by atoms with Crippen LogP contribution in [-0.4, -0.2) is 64.5 Å². The second kappa shape index (κ2) is 9.67. The molecular formula is C22H27FN4O5S2. The van der Waals surface area contributed by atoms with Crippen molar-refractivity contribution in [2.24, 2.45) is 0 Å². The first-order chi connectivity index (χ1) is 16.0. The van der Waals surface area contributed by atoms with E-state index in [2.05, 4.69) is 15.3 Å². The Labute approximate surface area is 202 Å². The van der Waals surface area contributed by atoms with Gasteiger partial charge in [-0.25, -0.2) is 27.1 Å². The Bertz CT molecular complexity index is 1190. The van der Waals surface area contributed by atoms with Crippen molar-refractivity contribution in [3.63, 3.8) is 0 Å². The van der Waals surface area contributed by atoms with Crippen molar-refractivity contribution in [3.8, 4) is 5.75 Å². The molecule has 1 aliphatic carbocycles. The van der Waals surface area contributed by atoms with E-state index in [-0.39, 0.29) is 18.1 Å². The number of carbonyl (C=O) groups is 1. The lowest BCUT2D eigenvalue weighted by molar-refractivity contribution is -0.136. The van der Waals surface area contributed by atoms with Gasteiger partial charge in [-0.15, -0.1) is 0 Å². The van der Waals surface area contributed by atoms with Gasteiger partial charge in [-0.3, -0.25) is 4.79 Å². The monoisotopic (exact) mass is 510 g/mol. The van der Waals surface area contributed by atoms with Crippen molar-refractivity contribution >= 4 is 39.3 Å². The summed E-state index contributed by atoms with van der Waals surface area (Å²) in [5.74, 6) is -0.893. The van der Waals surface area contributed by atoms with Gasteiger partial charge in [0.15, 0.2) is 0 Å². The standard InChI is InChI=1S/C22H27FN4O5S2/c1-12-18-20(24-11-25-21(18)33-19(12)22(28)29)26-16-9-4-13(23)10-17(16)32-15-7-5-14(6-8-15)27(2)34(3,30)31/h4,9-12,14-15,19H,5-8H2,1-3H3,(H,28,29)(H,24,25,26). The molecule has 0 saturated heterocycles. The smallest absolute Gasteiger partial charge is 0.317 e. The van der Waals surface area contributed by atoms with E-state index in [4.69, 9.17) is 4.74 Å². The van der Waals surface area contributed by atoms with Crippen molar-refractivity contribution in [1.29, 1.82) is 0 Å². The van der Waals surface area contributed by atoms with Crippen LogP contribution >= 0.6 is 11.8 Å². The molecule has 1 fully saturated rings. The number of nitrogens with one attached hydrogen (secondary N) is 1. The molecule has 0 amide bonds. The van der Waals surface area contributed by atoms with E-state index in [0.717, 1.165) is 0 Å². The van der Waals surface area contributed by atoms with Crippen molar-refractivity contribution < 1.29 is 27.4 Å².